The summed E-state index contributed by atoms with van der Waals surface area (Å²) in [6.07, 6.45) is 5.04. The van der Waals surface area contributed by atoms with Gasteiger partial charge in [0.25, 0.3) is 0 Å². The van der Waals surface area contributed by atoms with Crippen molar-refractivity contribution in [1.29, 1.82) is 0 Å². The van der Waals surface area contributed by atoms with Gasteiger partial charge in [-0.1, -0.05) is 20.3 Å². The molecule has 1 saturated heterocycles. The van der Waals surface area contributed by atoms with E-state index in [0.717, 1.165) is 6.42 Å². The number of nitrogens with one attached hydrogen (secondary N) is 1. The fourth-order valence-electron chi connectivity index (χ4n) is 3.07. The Kier molecular flexibility index (Phi) is 3.01. The van der Waals surface area contributed by atoms with Gasteiger partial charge in [0.2, 0.25) is 5.91 Å². The summed E-state index contributed by atoms with van der Waals surface area (Å²) in [7, 11) is 0. The molecule has 1 amide bonds. The first-order valence-electron chi connectivity index (χ1n) is 6.23. The summed E-state index contributed by atoms with van der Waals surface area (Å²) < 4.78 is 0. The number of carbonyl (C=O) groups excluding carboxylic acids is 1. The van der Waals surface area contributed by atoms with Crippen LogP contribution in [0.1, 0.15) is 46.5 Å². The third-order valence-electron chi connectivity index (χ3n) is 3.96. The van der Waals surface area contributed by atoms with Crippen LogP contribution in [0.3, 0.4) is 0 Å². The van der Waals surface area contributed by atoms with Gasteiger partial charge in [-0.15, -0.1) is 0 Å². The Balaban J connectivity index is 2.14. The monoisotopic (exact) mass is 210 g/mol. The molecule has 1 aliphatic carbocycles. The summed E-state index contributed by atoms with van der Waals surface area (Å²) in [6.45, 7) is 6.40. The molecule has 2 fully saturated rings. The SMILES string of the molecule is CCC1NC(C)C(=O)N1C1CCCC1C. The van der Waals surface area contributed by atoms with Gasteiger partial charge in [-0.25, -0.2) is 0 Å². The van der Waals surface area contributed by atoms with Crippen LogP contribution in [0, 0.1) is 5.92 Å². The molecule has 0 aromatic rings. The lowest BCUT2D eigenvalue weighted by Gasteiger charge is -2.32. The molecule has 3 heteroatoms. The van der Waals surface area contributed by atoms with Crippen molar-refractivity contribution in [1.82, 2.24) is 10.2 Å². The molecule has 4 unspecified atom stereocenters. The minimum absolute atomic E-state index is 0.0164. The molecular formula is C12H22N2O. The van der Waals surface area contributed by atoms with Crippen molar-refractivity contribution in [2.45, 2.75) is 64.7 Å². The third kappa shape index (κ3) is 1.78. The summed E-state index contributed by atoms with van der Waals surface area (Å²) in [5.41, 5.74) is 0. The molecule has 86 valence electrons. The maximum atomic E-state index is 12.1. The highest BCUT2D eigenvalue weighted by Crippen LogP contribution is 2.33. The van der Waals surface area contributed by atoms with Crippen LogP contribution < -0.4 is 5.32 Å². The molecule has 1 saturated carbocycles. The van der Waals surface area contributed by atoms with Crippen molar-refractivity contribution >= 4 is 5.91 Å². The zero-order valence-corrected chi connectivity index (χ0v) is 9.99. The number of hydrogen-bond donors (Lipinski definition) is 1. The number of carbonyl (C=O) groups is 1. The first-order chi connectivity index (χ1) is 7.15. The highest BCUT2D eigenvalue weighted by atomic mass is 16.2. The van der Waals surface area contributed by atoms with Gasteiger partial charge in [-0.2, -0.15) is 0 Å². The van der Waals surface area contributed by atoms with Gasteiger partial charge in [0.1, 0.15) is 0 Å². The molecule has 4 atom stereocenters. The van der Waals surface area contributed by atoms with E-state index in [0.29, 0.717) is 17.9 Å². The fraction of sp³-hybridized carbons (Fsp3) is 0.917. The van der Waals surface area contributed by atoms with Crippen LogP contribution in [0.2, 0.25) is 0 Å². The van der Waals surface area contributed by atoms with Crippen molar-refractivity contribution in [3.63, 3.8) is 0 Å². The first kappa shape index (κ1) is 10.9. The Labute approximate surface area is 92.2 Å². The molecule has 0 spiro atoms. The van der Waals surface area contributed by atoms with E-state index in [9.17, 15) is 4.79 Å². The number of amides is 1. The molecule has 1 aliphatic heterocycles. The second-order valence-corrected chi connectivity index (χ2v) is 5.03. The van der Waals surface area contributed by atoms with Crippen molar-refractivity contribution in [2.75, 3.05) is 0 Å². The summed E-state index contributed by atoms with van der Waals surface area (Å²) in [5, 5.41) is 3.38. The molecule has 15 heavy (non-hydrogen) atoms. The second kappa shape index (κ2) is 4.12. The van der Waals surface area contributed by atoms with Gasteiger partial charge in [0, 0.05) is 6.04 Å². The van der Waals surface area contributed by atoms with Gasteiger partial charge < -0.3 is 4.90 Å². The number of nitrogens with zero attached hydrogens (tertiary/aromatic N) is 1. The van der Waals surface area contributed by atoms with E-state index in [1.807, 2.05) is 6.92 Å². The molecule has 1 heterocycles. The lowest BCUT2D eigenvalue weighted by molar-refractivity contribution is -0.132. The minimum Gasteiger partial charge on any atom is -0.323 e. The van der Waals surface area contributed by atoms with Gasteiger partial charge in [0.05, 0.1) is 12.2 Å². The van der Waals surface area contributed by atoms with Crippen molar-refractivity contribution in [3.8, 4) is 0 Å². The Morgan fingerprint density at radius 3 is 2.67 bits per heavy atom. The topological polar surface area (TPSA) is 32.3 Å². The smallest absolute Gasteiger partial charge is 0.240 e. The zero-order chi connectivity index (χ0) is 11.0. The van der Waals surface area contributed by atoms with Crippen LogP contribution >= 0.6 is 0 Å². The summed E-state index contributed by atoms with van der Waals surface area (Å²) >= 11 is 0. The van der Waals surface area contributed by atoms with E-state index in [4.69, 9.17) is 0 Å². The van der Waals surface area contributed by atoms with Gasteiger partial charge in [-0.05, 0) is 32.1 Å². The summed E-state index contributed by atoms with van der Waals surface area (Å²) in [4.78, 5) is 14.2. The van der Waals surface area contributed by atoms with E-state index in [1.165, 1.54) is 19.3 Å². The van der Waals surface area contributed by atoms with E-state index in [-0.39, 0.29) is 12.2 Å². The summed E-state index contributed by atoms with van der Waals surface area (Å²) in [6, 6.07) is 0.502. The largest absolute Gasteiger partial charge is 0.323 e. The van der Waals surface area contributed by atoms with Crippen LogP contribution in [0.25, 0.3) is 0 Å². The molecule has 1 N–H and O–H groups in total. The fourth-order valence-corrected chi connectivity index (χ4v) is 3.07. The molecule has 0 aromatic heterocycles. The predicted molar refractivity (Wildman–Crippen MR) is 60.3 cm³/mol. The van der Waals surface area contributed by atoms with E-state index >= 15 is 0 Å². The minimum atomic E-state index is 0.0164. The van der Waals surface area contributed by atoms with Crippen LogP contribution in [-0.4, -0.2) is 29.1 Å². The van der Waals surface area contributed by atoms with Crippen LogP contribution in [0.15, 0.2) is 0 Å². The van der Waals surface area contributed by atoms with Gasteiger partial charge >= 0.3 is 0 Å². The third-order valence-corrected chi connectivity index (χ3v) is 3.96. The van der Waals surface area contributed by atoms with Crippen LogP contribution in [0.5, 0.6) is 0 Å². The average Bonchev–Trinajstić information content (AvgIpc) is 2.73. The molecule has 2 rings (SSSR count). The Morgan fingerprint density at radius 2 is 2.13 bits per heavy atom. The maximum Gasteiger partial charge on any atom is 0.240 e. The predicted octanol–water partition coefficient (Wildman–Crippen LogP) is 1.73. The average molecular weight is 210 g/mol. The number of hydrogen-bond acceptors (Lipinski definition) is 2. The van der Waals surface area contributed by atoms with E-state index < -0.39 is 0 Å². The molecular weight excluding hydrogens is 188 g/mol. The Morgan fingerprint density at radius 1 is 1.40 bits per heavy atom. The van der Waals surface area contributed by atoms with Crippen LogP contribution in [0.4, 0.5) is 0 Å². The Hall–Kier alpha value is -0.570. The quantitative estimate of drug-likeness (QED) is 0.753. The molecule has 0 radical (unpaired) electrons. The van der Waals surface area contributed by atoms with E-state index in [2.05, 4.69) is 24.1 Å². The standard InChI is InChI=1S/C12H22N2O/c1-4-11-13-9(3)12(15)14(11)10-7-5-6-8(10)2/h8-11,13H,4-7H2,1-3H3. The van der Waals surface area contributed by atoms with Gasteiger partial charge in [-0.3, -0.25) is 10.1 Å². The zero-order valence-electron chi connectivity index (χ0n) is 9.99. The van der Waals surface area contributed by atoms with Gasteiger partial charge in [0.15, 0.2) is 0 Å². The molecule has 0 aromatic carbocycles. The highest BCUT2D eigenvalue weighted by Gasteiger charge is 2.42. The van der Waals surface area contributed by atoms with Crippen LogP contribution in [-0.2, 0) is 4.79 Å². The second-order valence-electron chi connectivity index (χ2n) is 5.03. The van der Waals surface area contributed by atoms with Crippen molar-refractivity contribution < 1.29 is 4.79 Å². The van der Waals surface area contributed by atoms with Crippen molar-refractivity contribution in [3.05, 3.63) is 0 Å². The molecule has 2 aliphatic rings. The number of rotatable bonds is 2. The molecule has 0 bridgehead atoms. The maximum absolute atomic E-state index is 12.1. The highest BCUT2D eigenvalue weighted by molar-refractivity contribution is 5.84. The normalized spacial score (nSPS) is 41.5. The lowest BCUT2D eigenvalue weighted by atomic mass is 10.0. The lowest BCUT2D eigenvalue weighted by Crippen LogP contribution is -2.45. The molecule has 3 nitrogen and oxygen atoms in total. The summed E-state index contributed by atoms with van der Waals surface area (Å²) in [5.74, 6) is 0.982. The Bertz CT molecular complexity index is 254. The first-order valence-corrected chi connectivity index (χ1v) is 6.23. The van der Waals surface area contributed by atoms with Crippen molar-refractivity contribution in [2.24, 2.45) is 5.92 Å². The van der Waals surface area contributed by atoms with E-state index in [1.54, 1.807) is 0 Å².